The number of ether oxygens (including phenoxy) is 1. The fraction of sp³-hybridized carbons (Fsp3) is 0.600. The highest BCUT2D eigenvalue weighted by atomic mass is 19.1. The Morgan fingerprint density at radius 2 is 1.94 bits per heavy atom. The van der Waals surface area contributed by atoms with E-state index in [2.05, 4.69) is 20.8 Å². The van der Waals surface area contributed by atoms with Crippen LogP contribution in [-0.2, 0) is 6.42 Å². The van der Waals surface area contributed by atoms with Crippen LogP contribution < -0.4 is 4.74 Å². The number of hydrogen-bond donors (Lipinski definition) is 0. The number of benzene rings is 1. The summed E-state index contributed by atoms with van der Waals surface area (Å²) in [5.41, 5.74) is 1.19. The van der Waals surface area contributed by atoms with E-state index in [0.29, 0.717) is 11.7 Å². The Morgan fingerprint density at radius 1 is 1.24 bits per heavy atom. The second-order valence-corrected chi connectivity index (χ2v) is 6.29. The SMILES string of the molecule is CC(C)(C)Cc1cc(F)cc(OCC2CC2)c1. The van der Waals surface area contributed by atoms with E-state index in [1.807, 2.05) is 6.07 Å². The maximum absolute atomic E-state index is 13.5. The summed E-state index contributed by atoms with van der Waals surface area (Å²) < 4.78 is 19.1. The lowest BCUT2D eigenvalue weighted by atomic mass is 9.88. The van der Waals surface area contributed by atoms with Crippen molar-refractivity contribution >= 4 is 0 Å². The van der Waals surface area contributed by atoms with Crippen molar-refractivity contribution in [2.45, 2.75) is 40.0 Å². The fourth-order valence-electron chi connectivity index (χ4n) is 1.92. The topological polar surface area (TPSA) is 9.23 Å². The van der Waals surface area contributed by atoms with Gasteiger partial charge in [-0.25, -0.2) is 4.39 Å². The first-order valence-electron chi connectivity index (χ1n) is 6.35. The largest absolute Gasteiger partial charge is 0.493 e. The van der Waals surface area contributed by atoms with E-state index in [4.69, 9.17) is 4.74 Å². The molecule has 17 heavy (non-hydrogen) atoms. The lowest BCUT2D eigenvalue weighted by molar-refractivity contribution is 0.297. The summed E-state index contributed by atoms with van der Waals surface area (Å²) in [5.74, 6) is 1.18. The molecule has 0 spiro atoms. The zero-order chi connectivity index (χ0) is 12.5. The minimum atomic E-state index is -0.197. The highest BCUT2D eigenvalue weighted by molar-refractivity contribution is 5.30. The summed E-state index contributed by atoms with van der Waals surface area (Å²) in [6, 6.07) is 5.06. The third-order valence-electron chi connectivity index (χ3n) is 2.85. The van der Waals surface area contributed by atoms with Crippen LogP contribution in [0, 0.1) is 17.2 Å². The normalized spacial score (nSPS) is 16.0. The van der Waals surface area contributed by atoms with Crippen molar-refractivity contribution in [3.63, 3.8) is 0 Å². The molecule has 0 radical (unpaired) electrons. The van der Waals surface area contributed by atoms with Crippen molar-refractivity contribution in [2.24, 2.45) is 11.3 Å². The number of rotatable bonds is 4. The molecule has 1 fully saturated rings. The number of halogens is 1. The Hall–Kier alpha value is -1.05. The third kappa shape index (κ3) is 4.37. The summed E-state index contributed by atoms with van der Waals surface area (Å²) in [6.45, 7) is 7.20. The first-order valence-corrected chi connectivity index (χ1v) is 6.35. The molecule has 0 saturated heterocycles. The zero-order valence-electron chi connectivity index (χ0n) is 10.9. The lowest BCUT2D eigenvalue weighted by Crippen LogP contribution is -2.09. The average Bonchev–Trinajstić information content (AvgIpc) is 2.94. The molecule has 1 saturated carbocycles. The zero-order valence-corrected chi connectivity index (χ0v) is 10.9. The van der Waals surface area contributed by atoms with Gasteiger partial charge in [0.25, 0.3) is 0 Å². The molecule has 2 rings (SSSR count). The standard InChI is InChI=1S/C15H21FO/c1-15(2,3)9-12-6-13(16)8-14(7-12)17-10-11-4-5-11/h6-8,11H,4-5,9-10H2,1-3H3. The Morgan fingerprint density at radius 3 is 2.53 bits per heavy atom. The van der Waals surface area contributed by atoms with E-state index < -0.39 is 0 Å². The van der Waals surface area contributed by atoms with Crippen LogP contribution in [0.1, 0.15) is 39.2 Å². The fourth-order valence-corrected chi connectivity index (χ4v) is 1.92. The van der Waals surface area contributed by atoms with Crippen molar-refractivity contribution in [1.82, 2.24) is 0 Å². The smallest absolute Gasteiger partial charge is 0.127 e. The average molecular weight is 236 g/mol. The molecule has 1 nitrogen and oxygen atoms in total. The van der Waals surface area contributed by atoms with Gasteiger partial charge >= 0.3 is 0 Å². The van der Waals surface area contributed by atoms with Crippen LogP contribution in [0.4, 0.5) is 4.39 Å². The molecule has 1 aliphatic rings. The van der Waals surface area contributed by atoms with Gasteiger partial charge in [-0.2, -0.15) is 0 Å². The minimum Gasteiger partial charge on any atom is -0.493 e. The van der Waals surface area contributed by atoms with Crippen LogP contribution in [0.3, 0.4) is 0 Å². The summed E-state index contributed by atoms with van der Waals surface area (Å²) in [6.07, 6.45) is 3.37. The highest BCUT2D eigenvalue weighted by Gasteiger charge is 2.22. The molecule has 0 bridgehead atoms. The van der Waals surface area contributed by atoms with E-state index in [1.54, 1.807) is 6.07 Å². The molecule has 1 aromatic rings. The van der Waals surface area contributed by atoms with Crippen molar-refractivity contribution < 1.29 is 9.13 Å². The predicted octanol–water partition coefficient (Wildman–Crippen LogP) is 4.20. The van der Waals surface area contributed by atoms with Gasteiger partial charge in [-0.05, 0) is 48.3 Å². The number of hydrogen-bond acceptors (Lipinski definition) is 1. The molecule has 0 heterocycles. The highest BCUT2D eigenvalue weighted by Crippen LogP contribution is 2.30. The molecular formula is C15H21FO. The molecule has 0 unspecified atom stereocenters. The Kier molecular flexibility index (Phi) is 3.41. The van der Waals surface area contributed by atoms with E-state index >= 15 is 0 Å². The van der Waals surface area contributed by atoms with Crippen molar-refractivity contribution in [3.8, 4) is 5.75 Å². The summed E-state index contributed by atoms with van der Waals surface area (Å²) in [7, 11) is 0. The van der Waals surface area contributed by atoms with E-state index in [0.717, 1.165) is 18.6 Å². The van der Waals surface area contributed by atoms with Crippen LogP contribution in [0.15, 0.2) is 18.2 Å². The van der Waals surface area contributed by atoms with Gasteiger partial charge in [0.15, 0.2) is 0 Å². The predicted molar refractivity (Wildman–Crippen MR) is 67.8 cm³/mol. The van der Waals surface area contributed by atoms with Gasteiger partial charge in [0.2, 0.25) is 0 Å². The van der Waals surface area contributed by atoms with Gasteiger partial charge < -0.3 is 4.74 Å². The second-order valence-electron chi connectivity index (χ2n) is 6.29. The molecule has 1 aliphatic carbocycles. The van der Waals surface area contributed by atoms with E-state index in [1.165, 1.54) is 18.9 Å². The monoisotopic (exact) mass is 236 g/mol. The van der Waals surface area contributed by atoms with Crippen LogP contribution in [0.5, 0.6) is 5.75 Å². The van der Waals surface area contributed by atoms with Crippen LogP contribution in [0.25, 0.3) is 0 Å². The molecule has 94 valence electrons. The minimum absolute atomic E-state index is 0.168. The van der Waals surface area contributed by atoms with Gasteiger partial charge in [-0.1, -0.05) is 20.8 Å². The van der Waals surface area contributed by atoms with Crippen molar-refractivity contribution in [1.29, 1.82) is 0 Å². The van der Waals surface area contributed by atoms with Gasteiger partial charge in [0.05, 0.1) is 6.61 Å². The van der Waals surface area contributed by atoms with Crippen molar-refractivity contribution in [3.05, 3.63) is 29.6 Å². The van der Waals surface area contributed by atoms with Gasteiger partial charge in [-0.3, -0.25) is 0 Å². The molecule has 2 heteroatoms. The van der Waals surface area contributed by atoms with Crippen LogP contribution >= 0.6 is 0 Å². The van der Waals surface area contributed by atoms with Crippen molar-refractivity contribution in [2.75, 3.05) is 6.61 Å². The first kappa shape index (κ1) is 12.4. The third-order valence-corrected chi connectivity index (χ3v) is 2.85. The molecule has 0 atom stereocenters. The molecular weight excluding hydrogens is 215 g/mol. The summed E-state index contributed by atoms with van der Waals surface area (Å²) in [5, 5.41) is 0. The second kappa shape index (κ2) is 4.67. The van der Waals surface area contributed by atoms with Gasteiger partial charge in [0, 0.05) is 6.07 Å². The molecule has 0 aromatic heterocycles. The summed E-state index contributed by atoms with van der Waals surface area (Å²) >= 11 is 0. The quantitative estimate of drug-likeness (QED) is 0.761. The molecule has 0 N–H and O–H groups in total. The van der Waals surface area contributed by atoms with E-state index in [-0.39, 0.29) is 11.2 Å². The Balaban J connectivity index is 2.04. The Labute approximate surface area is 103 Å². The van der Waals surface area contributed by atoms with Crippen LogP contribution in [0.2, 0.25) is 0 Å². The maximum atomic E-state index is 13.5. The molecule has 0 aliphatic heterocycles. The van der Waals surface area contributed by atoms with Gasteiger partial charge in [0.1, 0.15) is 11.6 Å². The summed E-state index contributed by atoms with van der Waals surface area (Å²) in [4.78, 5) is 0. The first-order chi connectivity index (χ1) is 7.92. The maximum Gasteiger partial charge on any atom is 0.127 e. The molecule has 0 amide bonds. The van der Waals surface area contributed by atoms with Gasteiger partial charge in [-0.15, -0.1) is 0 Å². The molecule has 1 aromatic carbocycles. The van der Waals surface area contributed by atoms with E-state index in [9.17, 15) is 4.39 Å². The lowest BCUT2D eigenvalue weighted by Gasteiger charge is -2.18. The Bertz CT molecular complexity index is 388. The van der Waals surface area contributed by atoms with Crippen LogP contribution in [-0.4, -0.2) is 6.61 Å².